The van der Waals surface area contributed by atoms with Crippen LogP contribution >= 0.6 is 27.3 Å². The average molecular weight is 326 g/mol. The quantitative estimate of drug-likeness (QED) is 0.883. The normalized spacial score (nSPS) is 10.3. The number of aromatic nitrogens is 1. The summed E-state index contributed by atoms with van der Waals surface area (Å²) in [4.78, 5) is 18.0. The maximum absolute atomic E-state index is 12.2. The van der Waals surface area contributed by atoms with Crippen molar-refractivity contribution in [3.8, 4) is 0 Å². The zero-order chi connectivity index (χ0) is 13.1. The van der Waals surface area contributed by atoms with E-state index in [-0.39, 0.29) is 5.91 Å². The summed E-state index contributed by atoms with van der Waals surface area (Å²) in [7, 11) is 1.76. The van der Waals surface area contributed by atoms with Gasteiger partial charge in [-0.15, -0.1) is 11.3 Å². The number of hydrogen-bond acceptors (Lipinski definition) is 4. The number of nitrogens with two attached hydrogens (primary N) is 1. The molecule has 0 aliphatic carbocycles. The van der Waals surface area contributed by atoms with Gasteiger partial charge in [0.1, 0.15) is 0 Å². The Morgan fingerprint density at radius 1 is 1.56 bits per heavy atom. The molecule has 2 N–H and O–H groups in total. The highest BCUT2D eigenvalue weighted by Crippen LogP contribution is 2.21. The third-order valence-corrected chi connectivity index (χ3v) is 3.80. The molecule has 1 amide bonds. The van der Waals surface area contributed by atoms with Gasteiger partial charge in [-0.25, -0.2) is 4.98 Å². The van der Waals surface area contributed by atoms with Crippen molar-refractivity contribution >= 4 is 38.9 Å². The van der Waals surface area contributed by atoms with E-state index >= 15 is 0 Å². The van der Waals surface area contributed by atoms with E-state index in [0.29, 0.717) is 17.8 Å². The first kappa shape index (κ1) is 13.0. The molecule has 0 radical (unpaired) electrons. The third kappa shape index (κ3) is 2.88. The molecule has 0 aliphatic heterocycles. The van der Waals surface area contributed by atoms with Crippen molar-refractivity contribution in [3.05, 3.63) is 44.8 Å². The Morgan fingerprint density at radius 2 is 2.33 bits per heavy atom. The molecule has 0 saturated carbocycles. The lowest BCUT2D eigenvalue weighted by atomic mass is 10.2. The van der Waals surface area contributed by atoms with Gasteiger partial charge in [0.25, 0.3) is 5.91 Å². The fraction of sp³-hybridized carbons (Fsp3) is 0.167. The first-order valence-corrected chi connectivity index (χ1v) is 6.99. The molecule has 0 saturated heterocycles. The van der Waals surface area contributed by atoms with Crippen molar-refractivity contribution < 1.29 is 4.79 Å². The molecular formula is C12H12BrN3OS. The van der Waals surface area contributed by atoms with E-state index in [9.17, 15) is 4.79 Å². The summed E-state index contributed by atoms with van der Waals surface area (Å²) >= 11 is 4.84. The van der Waals surface area contributed by atoms with E-state index in [0.717, 1.165) is 10.2 Å². The monoisotopic (exact) mass is 325 g/mol. The van der Waals surface area contributed by atoms with Gasteiger partial charge in [-0.1, -0.05) is 0 Å². The zero-order valence-corrected chi connectivity index (χ0v) is 12.2. The minimum atomic E-state index is -0.0521. The van der Waals surface area contributed by atoms with E-state index in [1.807, 2.05) is 5.38 Å². The minimum absolute atomic E-state index is 0.0521. The van der Waals surface area contributed by atoms with Crippen LogP contribution in [0.5, 0.6) is 0 Å². The standard InChI is InChI=1S/C12H12BrN3OS/c1-16(5-9-6-18-7-15-9)12(17)8-2-3-11(14)10(13)4-8/h2-4,6-7H,5,14H2,1H3. The zero-order valence-electron chi connectivity index (χ0n) is 9.76. The Hall–Kier alpha value is -1.40. The molecule has 1 aromatic heterocycles. The van der Waals surface area contributed by atoms with E-state index in [4.69, 9.17) is 5.73 Å². The molecule has 6 heteroatoms. The Morgan fingerprint density at radius 3 is 2.94 bits per heavy atom. The van der Waals surface area contributed by atoms with Gasteiger partial charge >= 0.3 is 0 Å². The molecule has 1 heterocycles. The van der Waals surface area contributed by atoms with E-state index in [1.54, 1.807) is 35.7 Å². The second-order valence-electron chi connectivity index (χ2n) is 3.88. The highest BCUT2D eigenvalue weighted by atomic mass is 79.9. The summed E-state index contributed by atoms with van der Waals surface area (Å²) in [5, 5.41) is 1.93. The topological polar surface area (TPSA) is 59.2 Å². The summed E-state index contributed by atoms with van der Waals surface area (Å²) in [6.07, 6.45) is 0. The summed E-state index contributed by atoms with van der Waals surface area (Å²) in [6.45, 7) is 0.504. The number of carbonyl (C=O) groups excluding carboxylic acids is 1. The molecule has 4 nitrogen and oxygen atoms in total. The van der Waals surface area contributed by atoms with Crippen LogP contribution in [0.15, 0.2) is 33.6 Å². The van der Waals surface area contributed by atoms with Crippen molar-refractivity contribution in [2.75, 3.05) is 12.8 Å². The second-order valence-corrected chi connectivity index (χ2v) is 5.45. The van der Waals surface area contributed by atoms with Crippen LogP contribution in [0.4, 0.5) is 5.69 Å². The Kier molecular flexibility index (Phi) is 3.98. The van der Waals surface area contributed by atoms with Crippen molar-refractivity contribution in [2.24, 2.45) is 0 Å². The van der Waals surface area contributed by atoms with Gasteiger partial charge in [-0.2, -0.15) is 0 Å². The number of amides is 1. The average Bonchev–Trinajstić information content (AvgIpc) is 2.84. The highest BCUT2D eigenvalue weighted by Gasteiger charge is 2.13. The first-order chi connectivity index (χ1) is 8.58. The molecule has 0 aliphatic rings. The highest BCUT2D eigenvalue weighted by molar-refractivity contribution is 9.10. The maximum Gasteiger partial charge on any atom is 0.253 e. The van der Waals surface area contributed by atoms with Crippen molar-refractivity contribution in [3.63, 3.8) is 0 Å². The van der Waals surface area contributed by atoms with Crippen LogP contribution in [0.1, 0.15) is 16.1 Å². The van der Waals surface area contributed by atoms with Gasteiger partial charge in [-0.05, 0) is 34.1 Å². The SMILES string of the molecule is CN(Cc1cscn1)C(=O)c1ccc(N)c(Br)c1. The van der Waals surface area contributed by atoms with Crippen molar-refractivity contribution in [1.82, 2.24) is 9.88 Å². The number of halogens is 1. The fourth-order valence-electron chi connectivity index (χ4n) is 1.51. The van der Waals surface area contributed by atoms with Crippen LogP contribution in [-0.2, 0) is 6.54 Å². The minimum Gasteiger partial charge on any atom is -0.398 e. The number of rotatable bonds is 3. The molecule has 2 aromatic rings. The molecule has 0 unspecified atom stereocenters. The third-order valence-electron chi connectivity index (χ3n) is 2.48. The molecule has 0 fully saturated rings. The Balaban J connectivity index is 2.12. The van der Waals surface area contributed by atoms with Crippen LogP contribution in [-0.4, -0.2) is 22.8 Å². The number of carbonyl (C=O) groups is 1. The van der Waals surface area contributed by atoms with E-state index < -0.39 is 0 Å². The maximum atomic E-state index is 12.2. The molecule has 2 rings (SSSR count). The van der Waals surface area contributed by atoms with Gasteiger partial charge in [0, 0.05) is 28.2 Å². The fourth-order valence-corrected chi connectivity index (χ4v) is 2.44. The van der Waals surface area contributed by atoms with Crippen LogP contribution in [0.3, 0.4) is 0 Å². The number of hydrogen-bond donors (Lipinski definition) is 1. The molecule has 18 heavy (non-hydrogen) atoms. The largest absolute Gasteiger partial charge is 0.398 e. The van der Waals surface area contributed by atoms with Gasteiger partial charge in [0.15, 0.2) is 0 Å². The van der Waals surface area contributed by atoms with Crippen LogP contribution in [0.2, 0.25) is 0 Å². The number of thiazole rings is 1. The van der Waals surface area contributed by atoms with Gasteiger partial charge in [0.05, 0.1) is 17.7 Å². The van der Waals surface area contributed by atoms with E-state index in [2.05, 4.69) is 20.9 Å². The first-order valence-electron chi connectivity index (χ1n) is 5.25. The number of nitrogen functional groups attached to an aromatic ring is 1. The van der Waals surface area contributed by atoms with Gasteiger partial charge in [0.2, 0.25) is 0 Å². The van der Waals surface area contributed by atoms with Crippen LogP contribution in [0, 0.1) is 0 Å². The second kappa shape index (κ2) is 5.49. The van der Waals surface area contributed by atoms with Crippen LogP contribution in [0.25, 0.3) is 0 Å². The van der Waals surface area contributed by atoms with E-state index in [1.165, 1.54) is 11.3 Å². The predicted molar refractivity (Wildman–Crippen MR) is 76.5 cm³/mol. The smallest absolute Gasteiger partial charge is 0.253 e. The summed E-state index contributed by atoms with van der Waals surface area (Å²) < 4.78 is 0.732. The molecule has 1 aromatic carbocycles. The molecule has 0 bridgehead atoms. The predicted octanol–water partition coefficient (Wildman–Crippen LogP) is 2.76. The summed E-state index contributed by atoms with van der Waals surface area (Å²) in [6, 6.07) is 5.17. The number of anilines is 1. The van der Waals surface area contributed by atoms with Gasteiger partial charge < -0.3 is 10.6 Å². The lowest BCUT2D eigenvalue weighted by molar-refractivity contribution is 0.0783. The summed E-state index contributed by atoms with van der Waals surface area (Å²) in [5.74, 6) is -0.0521. The lowest BCUT2D eigenvalue weighted by Gasteiger charge is -2.16. The summed E-state index contributed by atoms with van der Waals surface area (Å²) in [5.41, 5.74) is 9.57. The Bertz CT molecular complexity index is 556. The Labute approximate surface area is 118 Å². The number of nitrogens with zero attached hydrogens (tertiary/aromatic N) is 2. The van der Waals surface area contributed by atoms with Gasteiger partial charge in [-0.3, -0.25) is 4.79 Å². The van der Waals surface area contributed by atoms with Crippen molar-refractivity contribution in [2.45, 2.75) is 6.54 Å². The van der Waals surface area contributed by atoms with Crippen LogP contribution < -0.4 is 5.73 Å². The lowest BCUT2D eigenvalue weighted by Crippen LogP contribution is -2.26. The molecule has 0 atom stereocenters. The number of benzene rings is 1. The molecule has 0 spiro atoms. The molecular weight excluding hydrogens is 314 g/mol. The van der Waals surface area contributed by atoms with Crippen molar-refractivity contribution in [1.29, 1.82) is 0 Å². The molecule has 94 valence electrons.